The van der Waals surface area contributed by atoms with Crippen LogP contribution in [0.15, 0.2) is 54.6 Å². The first-order chi connectivity index (χ1) is 15.4. The van der Waals surface area contributed by atoms with Crippen molar-refractivity contribution in [3.63, 3.8) is 0 Å². The molecule has 0 saturated carbocycles. The van der Waals surface area contributed by atoms with E-state index in [9.17, 15) is 24.4 Å². The normalized spacial score (nSPS) is 16.7. The molecule has 6 rings (SSSR count). The lowest BCUT2D eigenvalue weighted by atomic mass is 9.68. The molecule has 0 fully saturated rings. The third-order valence-electron chi connectivity index (χ3n) is 5.89. The van der Waals surface area contributed by atoms with E-state index < -0.39 is 29.3 Å². The Bertz CT molecular complexity index is 1400. The maximum atomic E-state index is 12.2. The van der Waals surface area contributed by atoms with Crippen molar-refractivity contribution in [1.82, 2.24) is 0 Å². The van der Waals surface area contributed by atoms with Gasteiger partial charge in [0.1, 0.15) is 16.9 Å². The molecule has 0 radical (unpaired) electrons. The second kappa shape index (κ2) is 5.89. The zero-order valence-electron chi connectivity index (χ0n) is 16.0. The van der Waals surface area contributed by atoms with Crippen LogP contribution in [-0.2, 0) is 14.9 Å². The number of ether oxygens (including phenoxy) is 3. The molecule has 0 bridgehead atoms. The summed E-state index contributed by atoms with van der Waals surface area (Å²) in [6.45, 7) is 0. The summed E-state index contributed by atoms with van der Waals surface area (Å²) >= 11 is 0. The average Bonchev–Trinajstić information content (AvgIpc) is 3.24. The predicted molar refractivity (Wildman–Crippen MR) is 104 cm³/mol. The van der Waals surface area contributed by atoms with E-state index in [2.05, 4.69) is 6.07 Å². The fraction of sp³-hybridized carbons (Fsp3) is 0.0417. The van der Waals surface area contributed by atoms with E-state index in [4.69, 9.17) is 14.2 Å². The number of fused-ring (bicyclic) bond motifs is 4. The van der Waals surface area contributed by atoms with Gasteiger partial charge in [0.25, 0.3) is 0 Å². The summed E-state index contributed by atoms with van der Waals surface area (Å²) in [6.07, 6.45) is 0. The lowest BCUT2D eigenvalue weighted by molar-refractivity contribution is 0.0425. The Morgan fingerprint density at radius 1 is 0.625 bits per heavy atom. The summed E-state index contributed by atoms with van der Waals surface area (Å²) in [5.74, 6) is -2.94. The topological polar surface area (TPSA) is 120 Å². The number of hydrogen-bond acceptors (Lipinski definition) is 8. The van der Waals surface area contributed by atoms with Crippen LogP contribution in [0.25, 0.3) is 0 Å². The summed E-state index contributed by atoms with van der Waals surface area (Å²) in [6, 6.07) is 16.6. The minimum atomic E-state index is -1.51. The Hall–Kier alpha value is -4.77. The molecule has 3 aromatic rings. The van der Waals surface area contributed by atoms with Gasteiger partial charge in [0.2, 0.25) is 0 Å². The van der Waals surface area contributed by atoms with Crippen LogP contribution in [0.5, 0.6) is 11.5 Å². The number of cyclic esters (lactones) is 4. The quantitative estimate of drug-likeness (QED) is 0.432. The first-order valence-corrected chi connectivity index (χ1v) is 9.48. The average molecular weight is 423 g/mol. The Morgan fingerprint density at radius 2 is 1.06 bits per heavy atom. The highest BCUT2D eigenvalue weighted by molar-refractivity contribution is 6.16. The molecule has 3 aliphatic heterocycles. The minimum Gasteiger partial charge on any atom is -0.457 e. The number of carbonyl (C=O) groups excluding carboxylic acids is 4. The Balaban J connectivity index is 1.73. The summed E-state index contributed by atoms with van der Waals surface area (Å²) in [5, 5.41) is 10.5. The molecule has 8 heteroatoms. The first kappa shape index (κ1) is 18.0. The van der Waals surface area contributed by atoms with Crippen LogP contribution < -0.4 is 4.74 Å². The highest BCUT2D eigenvalue weighted by Crippen LogP contribution is 2.53. The van der Waals surface area contributed by atoms with Gasteiger partial charge in [0, 0.05) is 11.1 Å². The molecule has 0 amide bonds. The zero-order chi connectivity index (χ0) is 22.2. The molecular weight excluding hydrogens is 414 g/mol. The lowest BCUT2D eigenvalue weighted by Gasteiger charge is -2.35. The van der Waals surface area contributed by atoms with E-state index in [1.54, 1.807) is 30.3 Å². The molecule has 3 aromatic carbocycles. The third kappa shape index (κ3) is 2.09. The summed E-state index contributed by atoms with van der Waals surface area (Å²) in [4.78, 5) is 48.6. The Kier molecular flexibility index (Phi) is 3.32. The van der Waals surface area contributed by atoms with Crippen LogP contribution in [0.1, 0.15) is 58.1 Å². The lowest BCUT2D eigenvalue weighted by Crippen LogP contribution is -2.32. The van der Waals surface area contributed by atoms with Gasteiger partial charge in [0.05, 0.1) is 28.3 Å². The van der Waals surface area contributed by atoms with E-state index in [1.807, 2.05) is 0 Å². The molecule has 0 spiro atoms. The molecule has 0 unspecified atom stereocenters. The number of carbonyl (C=O) groups is 4. The van der Waals surface area contributed by atoms with Crippen molar-refractivity contribution in [1.29, 1.82) is 5.26 Å². The SMILES string of the molecule is N#CC1(c2ccccc2)c2cc3c(cc2Oc2cc4c(cc21)C(=O)OC4=O)C(=O)OC3=O. The summed E-state index contributed by atoms with van der Waals surface area (Å²) < 4.78 is 15.4. The number of nitriles is 1. The predicted octanol–water partition coefficient (Wildman–Crippen LogP) is 3.27. The van der Waals surface area contributed by atoms with Gasteiger partial charge in [0.15, 0.2) is 0 Å². The van der Waals surface area contributed by atoms with Gasteiger partial charge in [-0.1, -0.05) is 30.3 Å². The maximum absolute atomic E-state index is 12.2. The molecule has 8 nitrogen and oxygen atoms in total. The van der Waals surface area contributed by atoms with E-state index in [0.717, 1.165) is 0 Å². The molecule has 152 valence electrons. The Labute approximate surface area is 179 Å². The first-order valence-electron chi connectivity index (χ1n) is 9.48. The summed E-state index contributed by atoms with van der Waals surface area (Å²) in [7, 11) is 0. The van der Waals surface area contributed by atoms with Crippen molar-refractivity contribution in [3.05, 3.63) is 93.5 Å². The molecule has 0 saturated heterocycles. The highest BCUT2D eigenvalue weighted by Gasteiger charge is 2.48. The number of benzene rings is 3. The van der Waals surface area contributed by atoms with E-state index in [-0.39, 0.29) is 33.8 Å². The fourth-order valence-electron chi connectivity index (χ4n) is 4.43. The van der Waals surface area contributed by atoms with Crippen LogP contribution in [0.2, 0.25) is 0 Å². The van der Waals surface area contributed by atoms with Gasteiger partial charge in [-0.05, 0) is 29.8 Å². The number of nitrogens with zero attached hydrogens (tertiary/aromatic N) is 1. The molecule has 0 N–H and O–H groups in total. The minimum absolute atomic E-state index is 0.0205. The second-order valence-corrected chi connectivity index (χ2v) is 7.47. The van der Waals surface area contributed by atoms with Crippen LogP contribution in [0, 0.1) is 11.3 Å². The molecule has 32 heavy (non-hydrogen) atoms. The van der Waals surface area contributed by atoms with E-state index >= 15 is 0 Å². The second-order valence-electron chi connectivity index (χ2n) is 7.47. The Morgan fingerprint density at radius 3 is 1.50 bits per heavy atom. The van der Waals surface area contributed by atoms with Crippen molar-refractivity contribution in [2.24, 2.45) is 0 Å². The smallest absolute Gasteiger partial charge is 0.347 e. The van der Waals surface area contributed by atoms with Crippen LogP contribution >= 0.6 is 0 Å². The van der Waals surface area contributed by atoms with Crippen molar-refractivity contribution in [3.8, 4) is 17.6 Å². The summed E-state index contributed by atoms with van der Waals surface area (Å²) in [5.41, 5.74) is -0.265. The van der Waals surface area contributed by atoms with Crippen LogP contribution in [0.4, 0.5) is 0 Å². The molecule has 0 atom stereocenters. The van der Waals surface area contributed by atoms with Crippen LogP contribution in [-0.4, -0.2) is 23.9 Å². The van der Waals surface area contributed by atoms with Crippen molar-refractivity contribution >= 4 is 23.9 Å². The molecule has 3 heterocycles. The van der Waals surface area contributed by atoms with Gasteiger partial charge in [-0.15, -0.1) is 0 Å². The standard InChI is InChI=1S/C24H9NO7/c25-10-24(11-4-2-1-3-5-11)16-6-12-14(22(28)31-20(12)26)8-18(16)30-19-9-15-13(7-17(19)24)21(27)32-23(15)29/h1-9H. The van der Waals surface area contributed by atoms with E-state index in [0.29, 0.717) is 16.7 Å². The number of hydrogen-bond donors (Lipinski definition) is 0. The van der Waals surface area contributed by atoms with Crippen molar-refractivity contribution in [2.75, 3.05) is 0 Å². The number of esters is 4. The molecule has 3 aliphatic rings. The molecular formula is C24H9NO7. The molecule has 0 aliphatic carbocycles. The van der Waals surface area contributed by atoms with Crippen molar-refractivity contribution < 1.29 is 33.4 Å². The fourth-order valence-corrected chi connectivity index (χ4v) is 4.43. The van der Waals surface area contributed by atoms with Crippen molar-refractivity contribution in [2.45, 2.75) is 5.41 Å². The van der Waals surface area contributed by atoms with Gasteiger partial charge in [-0.2, -0.15) is 5.26 Å². The third-order valence-corrected chi connectivity index (χ3v) is 5.89. The monoisotopic (exact) mass is 423 g/mol. The van der Waals surface area contributed by atoms with Gasteiger partial charge >= 0.3 is 23.9 Å². The zero-order valence-corrected chi connectivity index (χ0v) is 16.0. The van der Waals surface area contributed by atoms with Gasteiger partial charge in [-0.25, -0.2) is 19.2 Å². The van der Waals surface area contributed by atoms with E-state index in [1.165, 1.54) is 24.3 Å². The molecule has 0 aromatic heterocycles. The highest BCUT2D eigenvalue weighted by atomic mass is 16.6. The van der Waals surface area contributed by atoms with Crippen LogP contribution in [0.3, 0.4) is 0 Å². The van der Waals surface area contributed by atoms with Gasteiger partial charge in [-0.3, -0.25) is 0 Å². The maximum Gasteiger partial charge on any atom is 0.347 e. The largest absolute Gasteiger partial charge is 0.457 e. The van der Waals surface area contributed by atoms with Gasteiger partial charge < -0.3 is 14.2 Å². The number of rotatable bonds is 1.